The maximum Gasteiger partial charge on any atom is 0.282 e. The van der Waals surface area contributed by atoms with E-state index in [0.29, 0.717) is 12.1 Å². The molecular formula is C11H10BrNO2S. The fraction of sp³-hybridized carbons (Fsp3) is 0.273. The number of carbonyl (C=O) groups excluding carboxylic acids is 2. The predicted octanol–water partition coefficient (Wildman–Crippen LogP) is 2.80. The van der Waals surface area contributed by atoms with E-state index in [1.54, 1.807) is 17.0 Å². The molecule has 1 aliphatic rings. The summed E-state index contributed by atoms with van der Waals surface area (Å²) >= 11 is 4.59. The van der Waals surface area contributed by atoms with Gasteiger partial charge in [0, 0.05) is 22.3 Å². The van der Waals surface area contributed by atoms with E-state index in [9.17, 15) is 9.59 Å². The molecule has 0 atom stereocenters. The van der Waals surface area contributed by atoms with Crippen molar-refractivity contribution in [3.05, 3.63) is 34.3 Å². The Labute approximate surface area is 106 Å². The molecule has 1 aromatic rings. The van der Waals surface area contributed by atoms with E-state index in [0.717, 1.165) is 10.2 Å². The van der Waals surface area contributed by atoms with Crippen molar-refractivity contribution in [3.63, 3.8) is 0 Å². The molecule has 1 saturated heterocycles. The van der Waals surface area contributed by atoms with Crippen molar-refractivity contribution in [2.24, 2.45) is 0 Å². The highest BCUT2D eigenvalue weighted by Crippen LogP contribution is 2.18. The monoisotopic (exact) mass is 299 g/mol. The smallest absolute Gasteiger partial charge is 0.282 e. The number of carbonyl (C=O) groups is 2. The van der Waals surface area contributed by atoms with Crippen molar-refractivity contribution in [2.45, 2.75) is 0 Å². The highest BCUT2D eigenvalue weighted by molar-refractivity contribution is 9.10. The summed E-state index contributed by atoms with van der Waals surface area (Å²) in [6.45, 7) is 0.860. The van der Waals surface area contributed by atoms with Gasteiger partial charge in [-0.2, -0.15) is 0 Å². The summed E-state index contributed by atoms with van der Waals surface area (Å²) in [6, 6.07) is 7.18. The van der Waals surface area contributed by atoms with Crippen LogP contribution in [0.3, 0.4) is 0 Å². The Hall–Kier alpha value is -0.810. The molecule has 1 heterocycles. The Morgan fingerprint density at radius 1 is 1.38 bits per heavy atom. The van der Waals surface area contributed by atoms with Crippen LogP contribution in [0.5, 0.6) is 0 Å². The van der Waals surface area contributed by atoms with Crippen LogP contribution in [0.2, 0.25) is 0 Å². The van der Waals surface area contributed by atoms with E-state index in [1.165, 1.54) is 11.8 Å². The number of rotatable bonds is 3. The van der Waals surface area contributed by atoms with Gasteiger partial charge in [0.2, 0.25) is 0 Å². The minimum absolute atomic E-state index is 0.00506. The molecule has 16 heavy (non-hydrogen) atoms. The second-order valence-electron chi connectivity index (χ2n) is 3.47. The van der Waals surface area contributed by atoms with Crippen LogP contribution in [0.25, 0.3) is 0 Å². The number of Topliss-reactive ketones (excluding diaryl/α,β-unsaturated/α-hetero) is 1. The molecule has 1 aromatic carbocycles. The molecule has 3 nitrogen and oxygen atoms in total. The maximum atomic E-state index is 11.8. The largest absolute Gasteiger partial charge is 0.325 e. The third kappa shape index (κ3) is 2.65. The second kappa shape index (κ2) is 5.01. The van der Waals surface area contributed by atoms with Crippen LogP contribution in [-0.2, 0) is 0 Å². The van der Waals surface area contributed by atoms with Crippen LogP contribution in [0.15, 0.2) is 28.7 Å². The first-order valence-electron chi connectivity index (χ1n) is 4.87. The van der Waals surface area contributed by atoms with Crippen LogP contribution in [0.1, 0.15) is 10.4 Å². The van der Waals surface area contributed by atoms with Crippen molar-refractivity contribution in [3.8, 4) is 0 Å². The minimum atomic E-state index is -0.0108. The summed E-state index contributed by atoms with van der Waals surface area (Å²) in [5.41, 5.74) is 0.646. The summed E-state index contributed by atoms with van der Waals surface area (Å²) in [7, 11) is 0. The first-order chi connectivity index (χ1) is 7.66. The van der Waals surface area contributed by atoms with Gasteiger partial charge in [-0.05, 0) is 12.1 Å². The summed E-state index contributed by atoms with van der Waals surface area (Å²) in [4.78, 5) is 24.8. The van der Waals surface area contributed by atoms with Crippen molar-refractivity contribution in [2.75, 3.05) is 18.8 Å². The fourth-order valence-electron chi connectivity index (χ4n) is 1.47. The van der Waals surface area contributed by atoms with E-state index in [1.807, 2.05) is 12.1 Å². The van der Waals surface area contributed by atoms with Gasteiger partial charge >= 0.3 is 0 Å². The molecule has 1 amide bonds. The van der Waals surface area contributed by atoms with Crippen molar-refractivity contribution >= 4 is 38.7 Å². The predicted molar refractivity (Wildman–Crippen MR) is 67.9 cm³/mol. The average Bonchev–Trinajstić information content (AvgIpc) is 2.65. The molecule has 1 aliphatic heterocycles. The second-order valence-corrected chi connectivity index (χ2v) is 5.43. The Kier molecular flexibility index (Phi) is 3.66. The van der Waals surface area contributed by atoms with E-state index in [4.69, 9.17) is 0 Å². The van der Waals surface area contributed by atoms with Gasteiger partial charge in [-0.25, -0.2) is 0 Å². The zero-order valence-electron chi connectivity index (χ0n) is 8.48. The molecule has 0 saturated carbocycles. The summed E-state index contributed by atoms with van der Waals surface area (Å²) in [6.07, 6.45) is 0. The minimum Gasteiger partial charge on any atom is -0.325 e. The molecule has 0 bridgehead atoms. The van der Waals surface area contributed by atoms with Crippen molar-refractivity contribution in [1.82, 2.24) is 4.90 Å². The molecule has 0 aromatic heterocycles. The normalized spacial score (nSPS) is 15.6. The summed E-state index contributed by atoms with van der Waals surface area (Å²) in [5.74, 6) is 0.773. The molecule has 0 spiro atoms. The van der Waals surface area contributed by atoms with Gasteiger partial charge in [0.05, 0.1) is 6.54 Å². The van der Waals surface area contributed by atoms with Gasteiger partial charge in [0.15, 0.2) is 5.78 Å². The number of amides is 1. The van der Waals surface area contributed by atoms with E-state index in [-0.39, 0.29) is 17.6 Å². The van der Waals surface area contributed by atoms with Gasteiger partial charge < -0.3 is 4.90 Å². The Balaban J connectivity index is 2.02. The first-order valence-corrected chi connectivity index (χ1v) is 6.65. The lowest BCUT2D eigenvalue weighted by Crippen LogP contribution is -2.29. The standard InChI is InChI=1S/C11H10BrNO2S/c12-9-3-1-8(2-4-9)10(14)7-13-5-6-16-11(13)15/h1-4H,5-7H2. The van der Waals surface area contributed by atoms with E-state index in [2.05, 4.69) is 15.9 Å². The van der Waals surface area contributed by atoms with Crippen molar-refractivity contribution < 1.29 is 9.59 Å². The number of ketones is 1. The third-order valence-electron chi connectivity index (χ3n) is 2.35. The third-order valence-corrected chi connectivity index (χ3v) is 3.77. The molecule has 84 valence electrons. The van der Waals surface area contributed by atoms with Crippen LogP contribution < -0.4 is 0 Å². The van der Waals surface area contributed by atoms with Crippen LogP contribution in [0.4, 0.5) is 4.79 Å². The number of thioether (sulfide) groups is 1. The van der Waals surface area contributed by atoms with E-state index < -0.39 is 0 Å². The molecule has 0 unspecified atom stereocenters. The SMILES string of the molecule is O=C(CN1CCSC1=O)c1ccc(Br)cc1. The highest BCUT2D eigenvalue weighted by atomic mass is 79.9. The molecule has 1 fully saturated rings. The Morgan fingerprint density at radius 2 is 2.06 bits per heavy atom. The van der Waals surface area contributed by atoms with Gasteiger partial charge in [0.25, 0.3) is 5.24 Å². The quantitative estimate of drug-likeness (QED) is 0.806. The van der Waals surface area contributed by atoms with Gasteiger partial charge in [-0.3, -0.25) is 9.59 Å². The number of halogens is 1. The molecule has 2 rings (SSSR count). The highest BCUT2D eigenvalue weighted by Gasteiger charge is 2.23. The average molecular weight is 300 g/mol. The van der Waals surface area contributed by atoms with Crippen LogP contribution in [-0.4, -0.2) is 34.8 Å². The number of benzene rings is 1. The lowest BCUT2D eigenvalue weighted by Gasteiger charge is -2.13. The van der Waals surface area contributed by atoms with Crippen LogP contribution >= 0.6 is 27.7 Å². The zero-order chi connectivity index (χ0) is 11.5. The lowest BCUT2D eigenvalue weighted by molar-refractivity contribution is 0.0956. The molecule has 0 aliphatic carbocycles. The fourth-order valence-corrected chi connectivity index (χ4v) is 2.56. The summed E-state index contributed by atoms with van der Waals surface area (Å²) in [5, 5.41) is 0.00506. The van der Waals surface area contributed by atoms with Gasteiger partial charge in [-0.1, -0.05) is 39.8 Å². The molecule has 0 radical (unpaired) electrons. The maximum absolute atomic E-state index is 11.8. The Morgan fingerprint density at radius 3 is 2.62 bits per heavy atom. The number of hydrogen-bond donors (Lipinski definition) is 0. The molecule has 0 N–H and O–H groups in total. The van der Waals surface area contributed by atoms with Crippen LogP contribution in [0, 0.1) is 0 Å². The first kappa shape index (κ1) is 11.7. The number of nitrogens with zero attached hydrogens (tertiary/aromatic N) is 1. The van der Waals surface area contributed by atoms with Gasteiger partial charge in [-0.15, -0.1) is 0 Å². The lowest BCUT2D eigenvalue weighted by atomic mass is 10.1. The van der Waals surface area contributed by atoms with E-state index >= 15 is 0 Å². The molecule has 5 heteroatoms. The topological polar surface area (TPSA) is 37.4 Å². The zero-order valence-corrected chi connectivity index (χ0v) is 10.9. The van der Waals surface area contributed by atoms with Crippen molar-refractivity contribution in [1.29, 1.82) is 0 Å². The summed E-state index contributed by atoms with van der Waals surface area (Å²) < 4.78 is 0.942. The Bertz CT molecular complexity index is 418. The molecular weight excluding hydrogens is 290 g/mol. The number of hydrogen-bond acceptors (Lipinski definition) is 3. The van der Waals surface area contributed by atoms with Gasteiger partial charge in [0.1, 0.15) is 0 Å².